The number of hydrogen-bond donors (Lipinski definition) is 2. The van der Waals surface area contributed by atoms with Crippen molar-refractivity contribution < 1.29 is 9.53 Å². The van der Waals surface area contributed by atoms with E-state index in [0.29, 0.717) is 19.3 Å². The lowest BCUT2D eigenvalue weighted by atomic mass is 9.82. The Hall–Kier alpha value is -0.610. The lowest BCUT2D eigenvalue weighted by molar-refractivity contribution is -0.126. The van der Waals surface area contributed by atoms with Crippen molar-refractivity contribution in [1.29, 1.82) is 0 Å². The molecule has 0 aromatic heterocycles. The molecule has 4 heteroatoms. The Bertz CT molecular complexity index is 269. The Morgan fingerprint density at radius 2 is 1.84 bits per heavy atom. The van der Waals surface area contributed by atoms with Crippen LogP contribution in [0, 0.1) is 11.8 Å². The van der Waals surface area contributed by atoms with Crippen molar-refractivity contribution in [3.8, 4) is 0 Å². The third-order valence-corrected chi connectivity index (χ3v) is 4.43. The van der Waals surface area contributed by atoms with Crippen molar-refractivity contribution in [1.82, 2.24) is 10.6 Å². The number of ether oxygens (including phenoxy) is 1. The second-order valence-corrected chi connectivity index (χ2v) is 6.07. The Labute approximate surface area is 116 Å². The maximum absolute atomic E-state index is 12.0. The zero-order chi connectivity index (χ0) is 13.5. The summed E-state index contributed by atoms with van der Waals surface area (Å²) in [6.45, 7) is 5.70. The molecule has 0 atom stereocenters. The summed E-state index contributed by atoms with van der Waals surface area (Å²) in [5, 5.41) is 6.35. The van der Waals surface area contributed by atoms with Gasteiger partial charge in [-0.2, -0.15) is 0 Å². The molecule has 0 bridgehead atoms. The summed E-state index contributed by atoms with van der Waals surface area (Å²) in [5.74, 6) is 1.28. The van der Waals surface area contributed by atoms with Gasteiger partial charge in [-0.05, 0) is 57.5 Å². The zero-order valence-electron chi connectivity index (χ0n) is 12.1. The highest BCUT2D eigenvalue weighted by Crippen LogP contribution is 2.28. The molecule has 1 aliphatic heterocycles. The third-order valence-electron chi connectivity index (χ3n) is 4.43. The Balaban J connectivity index is 1.53. The molecule has 4 nitrogen and oxygen atoms in total. The molecule has 1 aliphatic carbocycles. The largest absolute Gasteiger partial charge is 0.376 e. The molecule has 2 fully saturated rings. The van der Waals surface area contributed by atoms with E-state index in [9.17, 15) is 4.79 Å². The fraction of sp³-hybridized carbons (Fsp3) is 0.933. The number of carbonyl (C=O) groups is 1. The molecule has 0 spiro atoms. The molecular weight excluding hydrogens is 240 g/mol. The predicted octanol–water partition coefficient (Wildman–Crippen LogP) is 1.70. The SMILES string of the molecule is CC1CCC(C(=O)NCCOC2CCNCC2)CC1. The van der Waals surface area contributed by atoms with Crippen LogP contribution in [-0.2, 0) is 9.53 Å². The molecule has 0 aromatic rings. The van der Waals surface area contributed by atoms with Crippen LogP contribution in [0.25, 0.3) is 0 Å². The average molecular weight is 268 g/mol. The summed E-state index contributed by atoms with van der Waals surface area (Å²) in [6, 6.07) is 0. The summed E-state index contributed by atoms with van der Waals surface area (Å²) in [7, 11) is 0. The highest BCUT2D eigenvalue weighted by molar-refractivity contribution is 5.78. The Morgan fingerprint density at radius 3 is 2.53 bits per heavy atom. The fourth-order valence-electron chi connectivity index (χ4n) is 3.03. The van der Waals surface area contributed by atoms with Gasteiger partial charge in [0.1, 0.15) is 0 Å². The first-order valence-corrected chi connectivity index (χ1v) is 7.85. The van der Waals surface area contributed by atoms with Crippen molar-refractivity contribution in [2.24, 2.45) is 11.8 Å². The van der Waals surface area contributed by atoms with Crippen LogP contribution in [0.2, 0.25) is 0 Å². The van der Waals surface area contributed by atoms with Crippen LogP contribution in [-0.4, -0.2) is 38.3 Å². The summed E-state index contributed by atoms with van der Waals surface area (Å²) < 4.78 is 5.78. The molecule has 2 aliphatic rings. The highest BCUT2D eigenvalue weighted by atomic mass is 16.5. The second kappa shape index (κ2) is 7.85. The molecule has 1 amide bonds. The number of piperidine rings is 1. The van der Waals surface area contributed by atoms with Crippen LogP contribution in [0.5, 0.6) is 0 Å². The quantitative estimate of drug-likeness (QED) is 0.746. The van der Waals surface area contributed by atoms with E-state index < -0.39 is 0 Å². The average Bonchev–Trinajstić information content (AvgIpc) is 2.45. The number of rotatable bonds is 5. The fourth-order valence-corrected chi connectivity index (χ4v) is 3.03. The van der Waals surface area contributed by atoms with E-state index in [2.05, 4.69) is 17.6 Å². The molecule has 1 saturated carbocycles. The van der Waals surface area contributed by atoms with Gasteiger partial charge < -0.3 is 15.4 Å². The minimum absolute atomic E-state index is 0.237. The van der Waals surface area contributed by atoms with E-state index in [1.807, 2.05) is 0 Å². The Morgan fingerprint density at radius 1 is 1.16 bits per heavy atom. The van der Waals surface area contributed by atoms with E-state index in [0.717, 1.165) is 44.7 Å². The topological polar surface area (TPSA) is 50.4 Å². The van der Waals surface area contributed by atoms with Crippen LogP contribution >= 0.6 is 0 Å². The predicted molar refractivity (Wildman–Crippen MR) is 76.0 cm³/mol. The van der Waals surface area contributed by atoms with Gasteiger partial charge in [-0.15, -0.1) is 0 Å². The zero-order valence-corrected chi connectivity index (χ0v) is 12.1. The molecular formula is C15H28N2O2. The van der Waals surface area contributed by atoms with E-state index in [-0.39, 0.29) is 11.8 Å². The van der Waals surface area contributed by atoms with Crippen molar-refractivity contribution in [3.63, 3.8) is 0 Å². The third kappa shape index (κ3) is 5.11. The van der Waals surface area contributed by atoms with E-state index >= 15 is 0 Å². The molecule has 1 heterocycles. The van der Waals surface area contributed by atoms with Gasteiger partial charge in [0, 0.05) is 12.5 Å². The molecule has 2 rings (SSSR count). The van der Waals surface area contributed by atoms with E-state index in [1.165, 1.54) is 12.8 Å². The Kier molecular flexibility index (Phi) is 6.11. The molecule has 0 aromatic carbocycles. The normalized spacial score (nSPS) is 29.1. The summed E-state index contributed by atoms with van der Waals surface area (Å²) in [6.07, 6.45) is 7.08. The lowest BCUT2D eigenvalue weighted by Gasteiger charge is -2.26. The van der Waals surface area contributed by atoms with Crippen molar-refractivity contribution in [3.05, 3.63) is 0 Å². The maximum Gasteiger partial charge on any atom is 0.223 e. The number of carbonyl (C=O) groups excluding carboxylic acids is 1. The van der Waals surface area contributed by atoms with Crippen molar-refractivity contribution in [2.45, 2.75) is 51.6 Å². The first-order chi connectivity index (χ1) is 9.25. The highest BCUT2D eigenvalue weighted by Gasteiger charge is 2.23. The number of amides is 1. The van der Waals surface area contributed by atoms with Gasteiger partial charge in [-0.3, -0.25) is 4.79 Å². The van der Waals surface area contributed by atoms with Gasteiger partial charge in [0.15, 0.2) is 0 Å². The monoisotopic (exact) mass is 268 g/mol. The molecule has 0 radical (unpaired) electrons. The molecule has 2 N–H and O–H groups in total. The van der Waals surface area contributed by atoms with E-state index in [1.54, 1.807) is 0 Å². The summed E-state index contributed by atoms with van der Waals surface area (Å²) in [4.78, 5) is 12.0. The van der Waals surface area contributed by atoms with Crippen LogP contribution in [0.4, 0.5) is 0 Å². The van der Waals surface area contributed by atoms with Crippen LogP contribution < -0.4 is 10.6 Å². The lowest BCUT2D eigenvalue weighted by Crippen LogP contribution is -2.37. The smallest absolute Gasteiger partial charge is 0.223 e. The van der Waals surface area contributed by atoms with Crippen LogP contribution in [0.1, 0.15) is 45.4 Å². The first kappa shape index (κ1) is 14.8. The molecule has 1 saturated heterocycles. The van der Waals surface area contributed by atoms with Gasteiger partial charge in [-0.1, -0.05) is 6.92 Å². The van der Waals surface area contributed by atoms with Gasteiger partial charge in [0.05, 0.1) is 12.7 Å². The minimum atomic E-state index is 0.237. The second-order valence-electron chi connectivity index (χ2n) is 6.07. The molecule has 0 unspecified atom stereocenters. The van der Waals surface area contributed by atoms with Crippen LogP contribution in [0.15, 0.2) is 0 Å². The van der Waals surface area contributed by atoms with E-state index in [4.69, 9.17) is 4.74 Å². The number of nitrogens with one attached hydrogen (secondary N) is 2. The summed E-state index contributed by atoms with van der Waals surface area (Å²) in [5.41, 5.74) is 0. The van der Waals surface area contributed by atoms with Gasteiger partial charge in [-0.25, -0.2) is 0 Å². The van der Waals surface area contributed by atoms with Gasteiger partial charge in [0.2, 0.25) is 5.91 Å². The first-order valence-electron chi connectivity index (χ1n) is 7.85. The maximum atomic E-state index is 12.0. The van der Waals surface area contributed by atoms with Gasteiger partial charge in [0.25, 0.3) is 0 Å². The standard InChI is InChI=1S/C15H28N2O2/c1-12-2-4-13(5-3-12)15(18)17-10-11-19-14-6-8-16-9-7-14/h12-14,16H,2-11H2,1H3,(H,17,18). The van der Waals surface area contributed by atoms with Crippen LogP contribution in [0.3, 0.4) is 0 Å². The summed E-state index contributed by atoms with van der Waals surface area (Å²) >= 11 is 0. The number of hydrogen-bond acceptors (Lipinski definition) is 3. The molecule has 19 heavy (non-hydrogen) atoms. The van der Waals surface area contributed by atoms with Gasteiger partial charge >= 0.3 is 0 Å². The minimum Gasteiger partial charge on any atom is -0.376 e. The van der Waals surface area contributed by atoms with Crippen molar-refractivity contribution in [2.75, 3.05) is 26.2 Å². The molecule has 110 valence electrons. The van der Waals surface area contributed by atoms with Crippen molar-refractivity contribution >= 4 is 5.91 Å².